The summed E-state index contributed by atoms with van der Waals surface area (Å²) >= 11 is 2.30. The summed E-state index contributed by atoms with van der Waals surface area (Å²) < 4.78 is 0. The second-order valence-electron chi connectivity index (χ2n) is 6.24. The molecule has 0 bridgehead atoms. The van der Waals surface area contributed by atoms with Crippen LogP contribution < -0.4 is 11.1 Å². The Morgan fingerprint density at radius 3 is 2.65 bits per heavy atom. The van der Waals surface area contributed by atoms with Crippen LogP contribution in [0.25, 0.3) is 0 Å². The molecule has 0 aromatic carbocycles. The van der Waals surface area contributed by atoms with Gasteiger partial charge >= 0.3 is 11.9 Å². The third kappa shape index (κ3) is 5.86. The van der Waals surface area contributed by atoms with Gasteiger partial charge in [0, 0.05) is 18.2 Å². The van der Waals surface area contributed by atoms with Crippen LogP contribution in [-0.4, -0.2) is 86.5 Å². The minimum Gasteiger partial charge on any atom is -0.479 e. The molecule has 34 heavy (non-hydrogen) atoms. The fraction of sp³-hybridized carbons (Fsp3) is 0.278. The van der Waals surface area contributed by atoms with Crippen molar-refractivity contribution in [3.05, 3.63) is 35.0 Å². The van der Waals surface area contributed by atoms with E-state index in [1.165, 1.54) is 36.3 Å². The van der Waals surface area contributed by atoms with Crippen molar-refractivity contribution in [1.29, 1.82) is 0 Å². The largest absolute Gasteiger partial charge is 0.479 e. The van der Waals surface area contributed by atoms with Crippen molar-refractivity contribution in [2.24, 2.45) is 10.1 Å². The number of carboxylic acids is 2. The van der Waals surface area contributed by atoms with Crippen LogP contribution in [0.15, 0.2) is 39.5 Å². The first-order chi connectivity index (χ1) is 16.2. The van der Waals surface area contributed by atoms with Crippen molar-refractivity contribution in [3.63, 3.8) is 0 Å². The van der Waals surface area contributed by atoms with E-state index in [0.717, 1.165) is 16.2 Å². The number of fused-ring (bicyclic) bond motifs is 1. The molecular formula is C18H18N6O8S2. The predicted octanol–water partition coefficient (Wildman–Crippen LogP) is -0.593. The molecule has 0 aliphatic carbocycles. The lowest BCUT2D eigenvalue weighted by molar-refractivity contribution is -0.150. The average molecular weight is 511 g/mol. The number of anilines is 1. The zero-order valence-electron chi connectivity index (χ0n) is 17.5. The van der Waals surface area contributed by atoms with Gasteiger partial charge < -0.3 is 26.1 Å². The number of isocyanates is 1. The summed E-state index contributed by atoms with van der Waals surface area (Å²) in [7, 11) is 1.38. The Kier molecular flexibility index (Phi) is 9.06. The molecule has 1 fully saturated rings. The van der Waals surface area contributed by atoms with E-state index in [1.54, 1.807) is 0 Å². The van der Waals surface area contributed by atoms with Gasteiger partial charge in [-0.15, -0.1) is 23.1 Å². The Morgan fingerprint density at radius 1 is 1.47 bits per heavy atom. The molecule has 1 aromatic rings. The Hall–Kier alpha value is -4.01. The number of β-lactam (4-membered cyclic amide) rings is 1. The maximum atomic E-state index is 12.7. The van der Waals surface area contributed by atoms with Gasteiger partial charge in [-0.3, -0.25) is 14.5 Å². The van der Waals surface area contributed by atoms with E-state index in [1.807, 2.05) is 0 Å². The molecule has 0 saturated carbocycles. The summed E-state index contributed by atoms with van der Waals surface area (Å²) in [6.07, 6.45) is 2.68. The third-order valence-electron chi connectivity index (χ3n) is 4.15. The maximum Gasteiger partial charge on any atom is 0.352 e. The number of oxime groups is 1. The number of carbonyl (C=O) groups excluding carboxylic acids is 3. The number of allylic oxidation sites excluding steroid dienone is 1. The molecular weight excluding hydrogens is 492 g/mol. The van der Waals surface area contributed by atoms with Crippen molar-refractivity contribution >= 4 is 63.8 Å². The first kappa shape index (κ1) is 26.2. The zero-order valence-corrected chi connectivity index (χ0v) is 19.1. The molecule has 5 N–H and O–H groups in total. The van der Waals surface area contributed by atoms with Crippen LogP contribution >= 0.6 is 23.1 Å². The Balaban J connectivity index is 0.000000945. The summed E-state index contributed by atoms with van der Waals surface area (Å²) in [4.78, 5) is 68.9. The number of aromatic nitrogens is 1. The number of nitrogen functional groups attached to an aromatic ring is 1. The number of thiazole rings is 1. The topological polar surface area (TPSA) is 214 Å². The van der Waals surface area contributed by atoms with Gasteiger partial charge in [-0.05, 0) is 5.57 Å². The fourth-order valence-corrected chi connectivity index (χ4v) is 4.65. The van der Waals surface area contributed by atoms with Gasteiger partial charge in [-0.25, -0.2) is 24.4 Å². The first-order valence-corrected chi connectivity index (χ1v) is 11.0. The number of thioether (sulfide) groups is 1. The molecule has 2 amide bonds. The highest BCUT2D eigenvalue weighted by Gasteiger charge is 2.54. The molecule has 0 radical (unpaired) electrons. The van der Waals surface area contributed by atoms with Crippen LogP contribution in [-0.2, 0) is 28.8 Å². The fourth-order valence-electron chi connectivity index (χ4n) is 2.76. The molecule has 14 nitrogen and oxygen atoms in total. The number of nitrogens with zero attached hydrogens (tertiary/aromatic N) is 4. The number of aliphatic carboxylic acids is 2. The van der Waals surface area contributed by atoms with E-state index < -0.39 is 41.8 Å². The highest BCUT2D eigenvalue weighted by molar-refractivity contribution is 8.00. The van der Waals surface area contributed by atoms with Crippen LogP contribution in [0.3, 0.4) is 0 Å². The van der Waals surface area contributed by atoms with E-state index in [0.29, 0.717) is 11.3 Å². The Labute approximate surface area is 199 Å². The quantitative estimate of drug-likeness (QED) is 0.150. The summed E-state index contributed by atoms with van der Waals surface area (Å²) in [5, 5.41) is 25.0. The normalized spacial score (nSPS) is 18.9. The lowest BCUT2D eigenvalue weighted by Crippen LogP contribution is -2.71. The lowest BCUT2D eigenvalue weighted by atomic mass is 10.0. The van der Waals surface area contributed by atoms with Gasteiger partial charge in [0.1, 0.15) is 22.8 Å². The average Bonchev–Trinajstić information content (AvgIpc) is 3.24. The number of hydrogen-bond donors (Lipinski definition) is 4. The van der Waals surface area contributed by atoms with Crippen LogP contribution in [0.5, 0.6) is 0 Å². The molecule has 180 valence electrons. The number of nitrogens with one attached hydrogen (secondary N) is 1. The first-order valence-electron chi connectivity index (χ1n) is 9.09. The second-order valence-corrected chi connectivity index (χ2v) is 8.23. The van der Waals surface area contributed by atoms with E-state index >= 15 is 0 Å². The highest BCUT2D eigenvalue weighted by Crippen LogP contribution is 2.40. The smallest absolute Gasteiger partial charge is 0.352 e. The number of aliphatic imine (C=N–C) groups is 1. The van der Waals surface area contributed by atoms with E-state index in [4.69, 9.17) is 15.6 Å². The summed E-state index contributed by atoms with van der Waals surface area (Å²) in [5.41, 5.74) is 5.48. The molecule has 1 aromatic heterocycles. The van der Waals surface area contributed by atoms with Crippen LogP contribution in [0, 0.1) is 0 Å². The molecule has 2 aliphatic heterocycles. The maximum absolute atomic E-state index is 12.7. The summed E-state index contributed by atoms with van der Waals surface area (Å²) in [6.45, 7) is 2.77. The summed E-state index contributed by atoms with van der Waals surface area (Å²) in [5.74, 6) is -3.72. The lowest BCUT2D eigenvalue weighted by Gasteiger charge is -2.49. The molecule has 1 saturated heterocycles. The third-order valence-corrected chi connectivity index (χ3v) is 6.12. The predicted molar refractivity (Wildman–Crippen MR) is 121 cm³/mol. The molecule has 2 atom stereocenters. The van der Waals surface area contributed by atoms with Crippen LogP contribution in [0.4, 0.5) is 5.13 Å². The van der Waals surface area contributed by atoms with Crippen molar-refractivity contribution in [1.82, 2.24) is 15.2 Å². The van der Waals surface area contributed by atoms with Gasteiger partial charge in [0.2, 0.25) is 12.7 Å². The number of rotatable bonds is 8. The minimum absolute atomic E-state index is 0.0420. The van der Waals surface area contributed by atoms with Crippen LogP contribution in [0.1, 0.15) is 5.69 Å². The van der Waals surface area contributed by atoms with E-state index in [-0.39, 0.29) is 22.2 Å². The number of nitrogens with two attached hydrogens (primary N) is 1. The van der Waals surface area contributed by atoms with Gasteiger partial charge in [0.15, 0.2) is 10.8 Å². The van der Waals surface area contributed by atoms with E-state index in [9.17, 15) is 24.3 Å². The van der Waals surface area contributed by atoms with Crippen LogP contribution in [0.2, 0.25) is 0 Å². The van der Waals surface area contributed by atoms with Crippen molar-refractivity contribution in [3.8, 4) is 0 Å². The van der Waals surface area contributed by atoms with Crippen molar-refractivity contribution in [2.75, 3.05) is 25.1 Å². The molecule has 3 heterocycles. The molecule has 2 aliphatic rings. The Morgan fingerprint density at radius 2 is 2.15 bits per heavy atom. The van der Waals surface area contributed by atoms with Crippen molar-refractivity contribution < 1.29 is 39.0 Å². The molecule has 0 spiro atoms. The monoisotopic (exact) mass is 510 g/mol. The highest BCUT2D eigenvalue weighted by atomic mass is 32.2. The van der Waals surface area contributed by atoms with Gasteiger partial charge in [-0.1, -0.05) is 17.8 Å². The number of hydrogen-bond acceptors (Lipinski definition) is 12. The second kappa shape index (κ2) is 11.7. The zero-order chi connectivity index (χ0) is 25.4. The standard InChI is InChI=1S/C16H15N5O7S2.C2H3NO/c1-2-6-4-29-14-10(13(25)21(14)11(6)15(26)27)19-12(24)9(20-28-3-8(22)23)7-5-30-16(17)18-7;1-3-2-4/h2,5,10,14H,1,3-4H2,(H2,17,18)(H,19,24)(H,22,23)(H,26,27);1H3/b20-9-;/t10-,14-;/m1./s1. The summed E-state index contributed by atoms with van der Waals surface area (Å²) in [6, 6.07) is -1.01. The minimum atomic E-state index is -1.30. The number of carboxylic acid groups (broad SMARTS) is 2. The van der Waals surface area contributed by atoms with Gasteiger partial charge in [-0.2, -0.15) is 0 Å². The number of carbonyl (C=O) groups is 4. The molecule has 3 rings (SSSR count). The molecule has 16 heteroatoms. The number of amides is 2. The Bertz CT molecular complexity index is 1120. The van der Waals surface area contributed by atoms with Gasteiger partial charge in [0.25, 0.3) is 11.8 Å². The van der Waals surface area contributed by atoms with E-state index in [2.05, 4.69) is 31.9 Å². The SMILES string of the molecule is C=CC1=C(C(=O)O)N2C(=O)[C@@H](NC(=O)/C(=N\OCC(=O)O)c3csc(N)n3)[C@H]2SC1.CN=C=O. The van der Waals surface area contributed by atoms with Crippen molar-refractivity contribution in [2.45, 2.75) is 11.4 Å². The molecule has 0 unspecified atom stereocenters. The van der Waals surface area contributed by atoms with Gasteiger partial charge in [0.05, 0.1) is 0 Å².